The van der Waals surface area contributed by atoms with E-state index in [1.54, 1.807) is 0 Å². The molecule has 1 N–H and O–H groups in total. The van der Waals surface area contributed by atoms with Crippen LogP contribution in [0.4, 0.5) is 13.2 Å². The Labute approximate surface area is 132 Å². The zero-order valence-electron chi connectivity index (χ0n) is 12.8. The molecule has 1 aromatic rings. The molecule has 2 fully saturated rings. The zero-order chi connectivity index (χ0) is 16.4. The Balaban J connectivity index is 1.64. The SMILES string of the molecule is O=C(NC[C@H]1CCCC[C@H]1C(F)(F)F)c1cncnc1C1CC1. The Kier molecular flexibility index (Phi) is 4.55. The molecule has 2 aliphatic rings. The lowest BCUT2D eigenvalue weighted by Gasteiger charge is -2.33. The molecule has 0 radical (unpaired) electrons. The molecule has 3 rings (SSSR count). The van der Waals surface area contributed by atoms with Crippen molar-refractivity contribution in [3.63, 3.8) is 0 Å². The molecule has 0 spiro atoms. The van der Waals surface area contributed by atoms with Gasteiger partial charge in [-0.15, -0.1) is 0 Å². The number of alkyl halides is 3. The molecular weight excluding hydrogens is 307 g/mol. The van der Waals surface area contributed by atoms with E-state index < -0.39 is 18.0 Å². The molecule has 2 aliphatic carbocycles. The Morgan fingerprint density at radius 3 is 2.65 bits per heavy atom. The molecule has 4 nitrogen and oxygen atoms in total. The fourth-order valence-electron chi connectivity index (χ4n) is 3.40. The number of nitrogens with zero attached hydrogens (tertiary/aromatic N) is 2. The van der Waals surface area contributed by atoms with Gasteiger partial charge in [0.25, 0.3) is 5.91 Å². The average molecular weight is 327 g/mol. The van der Waals surface area contributed by atoms with Crippen LogP contribution < -0.4 is 5.32 Å². The monoisotopic (exact) mass is 327 g/mol. The van der Waals surface area contributed by atoms with Crippen molar-refractivity contribution in [1.29, 1.82) is 0 Å². The molecule has 7 heteroatoms. The van der Waals surface area contributed by atoms with Gasteiger partial charge in [-0.05, 0) is 31.6 Å². The van der Waals surface area contributed by atoms with Crippen LogP contribution in [0, 0.1) is 11.8 Å². The van der Waals surface area contributed by atoms with Gasteiger partial charge < -0.3 is 5.32 Å². The van der Waals surface area contributed by atoms with E-state index in [4.69, 9.17) is 0 Å². The largest absolute Gasteiger partial charge is 0.392 e. The summed E-state index contributed by atoms with van der Waals surface area (Å²) in [7, 11) is 0. The number of carbonyl (C=O) groups excluding carboxylic acids is 1. The molecular formula is C16H20F3N3O. The highest BCUT2D eigenvalue weighted by Gasteiger charge is 2.45. The predicted octanol–water partition coefficient (Wildman–Crippen LogP) is 3.45. The van der Waals surface area contributed by atoms with Crippen molar-refractivity contribution in [3.8, 4) is 0 Å². The Morgan fingerprint density at radius 1 is 1.22 bits per heavy atom. The number of nitrogens with one attached hydrogen (secondary N) is 1. The molecule has 23 heavy (non-hydrogen) atoms. The van der Waals surface area contributed by atoms with Crippen molar-refractivity contribution < 1.29 is 18.0 Å². The van der Waals surface area contributed by atoms with Crippen molar-refractivity contribution in [2.24, 2.45) is 11.8 Å². The van der Waals surface area contributed by atoms with Crippen molar-refractivity contribution >= 4 is 5.91 Å². The average Bonchev–Trinajstić information content (AvgIpc) is 3.37. The van der Waals surface area contributed by atoms with Crippen LogP contribution in [0.3, 0.4) is 0 Å². The normalized spacial score (nSPS) is 25.2. The first-order valence-corrected chi connectivity index (χ1v) is 8.11. The summed E-state index contributed by atoms with van der Waals surface area (Å²) in [6.07, 6.45) is 2.72. The van der Waals surface area contributed by atoms with Gasteiger partial charge in [0.2, 0.25) is 0 Å². The minimum Gasteiger partial charge on any atom is -0.352 e. The topological polar surface area (TPSA) is 54.9 Å². The summed E-state index contributed by atoms with van der Waals surface area (Å²) in [5, 5.41) is 2.67. The van der Waals surface area contributed by atoms with Crippen LogP contribution in [-0.4, -0.2) is 28.6 Å². The van der Waals surface area contributed by atoms with E-state index in [0.717, 1.165) is 19.3 Å². The molecule has 2 atom stereocenters. The van der Waals surface area contributed by atoms with E-state index in [9.17, 15) is 18.0 Å². The highest BCUT2D eigenvalue weighted by atomic mass is 19.4. The molecule has 1 heterocycles. The van der Waals surface area contributed by atoms with Crippen LogP contribution in [0.15, 0.2) is 12.5 Å². The van der Waals surface area contributed by atoms with Crippen LogP contribution >= 0.6 is 0 Å². The summed E-state index contributed by atoms with van der Waals surface area (Å²) in [5.74, 6) is -1.93. The number of halogens is 3. The van der Waals surface area contributed by atoms with E-state index >= 15 is 0 Å². The number of hydrogen-bond donors (Lipinski definition) is 1. The summed E-state index contributed by atoms with van der Waals surface area (Å²) in [6, 6.07) is 0. The van der Waals surface area contributed by atoms with E-state index in [-0.39, 0.29) is 24.8 Å². The third-order valence-electron chi connectivity index (χ3n) is 4.81. The summed E-state index contributed by atoms with van der Waals surface area (Å²) in [5.41, 5.74) is 1.11. The minimum atomic E-state index is -4.19. The third kappa shape index (κ3) is 3.82. The third-order valence-corrected chi connectivity index (χ3v) is 4.81. The first-order valence-electron chi connectivity index (χ1n) is 8.11. The van der Waals surface area contributed by atoms with Crippen molar-refractivity contribution in [2.75, 3.05) is 6.54 Å². The molecule has 0 unspecified atom stereocenters. The first-order chi connectivity index (χ1) is 11.0. The van der Waals surface area contributed by atoms with Gasteiger partial charge in [-0.2, -0.15) is 13.2 Å². The molecule has 0 bridgehead atoms. The van der Waals surface area contributed by atoms with Crippen LogP contribution in [0.25, 0.3) is 0 Å². The van der Waals surface area contributed by atoms with Gasteiger partial charge in [-0.1, -0.05) is 12.8 Å². The second-order valence-electron chi connectivity index (χ2n) is 6.50. The number of amides is 1. The standard InChI is InChI=1S/C16H20F3N3O/c17-16(18,19)13-4-2-1-3-11(13)7-21-15(23)12-8-20-9-22-14(12)10-5-6-10/h8-11,13H,1-7H2,(H,21,23)/t11-,13-/m1/s1. The van der Waals surface area contributed by atoms with Crippen LogP contribution in [0.2, 0.25) is 0 Å². The maximum Gasteiger partial charge on any atom is 0.392 e. The summed E-state index contributed by atoms with van der Waals surface area (Å²) < 4.78 is 39.3. The molecule has 2 saturated carbocycles. The number of hydrogen-bond acceptors (Lipinski definition) is 3. The summed E-state index contributed by atoms with van der Waals surface area (Å²) in [6.45, 7) is 0.0576. The molecule has 126 valence electrons. The Hall–Kier alpha value is -1.66. The molecule has 1 amide bonds. The van der Waals surface area contributed by atoms with Crippen molar-refractivity contribution in [1.82, 2.24) is 15.3 Å². The van der Waals surface area contributed by atoms with Crippen molar-refractivity contribution in [2.45, 2.75) is 50.6 Å². The lowest BCUT2D eigenvalue weighted by atomic mass is 9.78. The van der Waals surface area contributed by atoms with Crippen LogP contribution in [0.1, 0.15) is 60.5 Å². The zero-order valence-corrected chi connectivity index (χ0v) is 12.8. The minimum absolute atomic E-state index is 0.0576. The summed E-state index contributed by atoms with van der Waals surface area (Å²) in [4.78, 5) is 20.4. The quantitative estimate of drug-likeness (QED) is 0.921. The number of aromatic nitrogens is 2. The molecule has 0 saturated heterocycles. The Bertz CT molecular complexity index is 572. The molecule has 0 aliphatic heterocycles. The molecule has 0 aromatic carbocycles. The smallest absolute Gasteiger partial charge is 0.352 e. The van der Waals surface area contributed by atoms with E-state index in [2.05, 4.69) is 15.3 Å². The first kappa shape index (κ1) is 16.2. The highest BCUT2D eigenvalue weighted by molar-refractivity contribution is 5.95. The number of rotatable bonds is 4. The van der Waals surface area contributed by atoms with Gasteiger partial charge in [-0.3, -0.25) is 4.79 Å². The van der Waals surface area contributed by atoms with Crippen LogP contribution in [-0.2, 0) is 0 Å². The van der Waals surface area contributed by atoms with Gasteiger partial charge in [0.15, 0.2) is 0 Å². The fourth-order valence-corrected chi connectivity index (χ4v) is 3.40. The Morgan fingerprint density at radius 2 is 1.96 bits per heavy atom. The van der Waals surface area contributed by atoms with E-state index in [1.807, 2.05) is 0 Å². The second kappa shape index (κ2) is 6.45. The summed E-state index contributed by atoms with van der Waals surface area (Å²) >= 11 is 0. The maximum absolute atomic E-state index is 13.1. The number of carbonyl (C=O) groups is 1. The van der Waals surface area contributed by atoms with Crippen LogP contribution in [0.5, 0.6) is 0 Å². The van der Waals surface area contributed by atoms with Gasteiger partial charge in [-0.25, -0.2) is 9.97 Å². The van der Waals surface area contributed by atoms with Gasteiger partial charge in [0, 0.05) is 18.7 Å². The van der Waals surface area contributed by atoms with Crippen molar-refractivity contribution in [3.05, 3.63) is 23.8 Å². The maximum atomic E-state index is 13.1. The fraction of sp³-hybridized carbons (Fsp3) is 0.688. The predicted molar refractivity (Wildman–Crippen MR) is 77.8 cm³/mol. The highest BCUT2D eigenvalue weighted by Crippen LogP contribution is 2.42. The van der Waals surface area contributed by atoms with Gasteiger partial charge in [0.05, 0.1) is 17.2 Å². The van der Waals surface area contributed by atoms with E-state index in [0.29, 0.717) is 24.1 Å². The van der Waals surface area contributed by atoms with Gasteiger partial charge >= 0.3 is 6.18 Å². The lowest BCUT2D eigenvalue weighted by molar-refractivity contribution is -0.195. The van der Waals surface area contributed by atoms with Gasteiger partial charge in [0.1, 0.15) is 6.33 Å². The molecule has 1 aromatic heterocycles. The second-order valence-corrected chi connectivity index (χ2v) is 6.50. The van der Waals surface area contributed by atoms with E-state index in [1.165, 1.54) is 12.5 Å². The lowest BCUT2D eigenvalue weighted by Crippen LogP contribution is -2.40.